The molecular weight excluding hydrogens is 588 g/mol. The van der Waals surface area contributed by atoms with Gasteiger partial charge in [0.1, 0.15) is 24.3 Å². The molecule has 4 nitrogen and oxygen atoms in total. The van der Waals surface area contributed by atoms with Gasteiger partial charge in [-0.15, -0.1) is 0 Å². The highest BCUT2D eigenvalue weighted by Gasteiger charge is 2.13. The van der Waals surface area contributed by atoms with E-state index < -0.39 is 0 Å². The van der Waals surface area contributed by atoms with Gasteiger partial charge in [-0.25, -0.2) is 4.98 Å². The van der Waals surface area contributed by atoms with Crippen LogP contribution in [-0.4, -0.2) is 9.97 Å². The van der Waals surface area contributed by atoms with Crippen molar-refractivity contribution < 1.29 is 4.74 Å². The van der Waals surface area contributed by atoms with E-state index >= 15 is 0 Å². The molecule has 0 radical (unpaired) electrons. The first kappa shape index (κ1) is 19.9. The molecule has 6 heteroatoms. The molecule has 0 saturated carbocycles. The normalized spacial score (nSPS) is 11.4. The number of aromatic nitrogens is 2. The number of rotatable bonds is 5. The number of nitrogens with zero attached hydrogens (tertiary/aromatic N) is 2. The second kappa shape index (κ2) is 8.97. The van der Waals surface area contributed by atoms with E-state index in [1.165, 1.54) is 0 Å². The molecule has 1 aromatic heterocycles. The first-order valence-corrected chi connectivity index (χ1v) is 11.0. The van der Waals surface area contributed by atoms with Gasteiger partial charge in [-0.2, -0.15) is 5.26 Å². The average molecular weight is 603 g/mol. The highest BCUT2D eigenvalue weighted by molar-refractivity contribution is 14.1. The van der Waals surface area contributed by atoms with Crippen molar-refractivity contribution in [3.8, 4) is 11.8 Å². The van der Waals surface area contributed by atoms with E-state index in [9.17, 15) is 5.26 Å². The maximum absolute atomic E-state index is 9.78. The molecule has 29 heavy (non-hydrogen) atoms. The highest BCUT2D eigenvalue weighted by Crippen LogP contribution is 2.32. The summed E-state index contributed by atoms with van der Waals surface area (Å²) in [5, 5.41) is 9.78. The Morgan fingerprint density at radius 1 is 1.07 bits per heavy atom. The second-order valence-electron chi connectivity index (χ2n) is 6.35. The number of ether oxygens (including phenoxy) is 1. The third-order valence-corrected chi connectivity index (χ3v) is 5.75. The van der Waals surface area contributed by atoms with Crippen LogP contribution in [0.25, 0.3) is 22.7 Å². The third-order valence-electron chi connectivity index (χ3n) is 4.33. The largest absolute Gasteiger partial charge is 0.487 e. The molecule has 0 bridgehead atoms. The van der Waals surface area contributed by atoms with Crippen LogP contribution in [0.1, 0.15) is 17.0 Å². The lowest BCUT2D eigenvalue weighted by Crippen LogP contribution is -2.00. The van der Waals surface area contributed by atoms with E-state index in [0.29, 0.717) is 18.0 Å². The lowest BCUT2D eigenvalue weighted by Gasteiger charge is -2.13. The lowest BCUT2D eigenvalue weighted by molar-refractivity contribution is 0.303. The highest BCUT2D eigenvalue weighted by atomic mass is 127. The number of aromatic amines is 1. The fourth-order valence-corrected chi connectivity index (χ4v) is 5.00. The number of benzene rings is 3. The van der Waals surface area contributed by atoms with Crippen molar-refractivity contribution in [3.63, 3.8) is 0 Å². The minimum atomic E-state index is 0.462. The fourth-order valence-electron chi connectivity index (χ4n) is 2.96. The number of allylic oxidation sites excluding steroid dienone is 1. The number of para-hydroxylation sites is 2. The number of halogens is 2. The van der Waals surface area contributed by atoms with Gasteiger partial charge in [-0.3, -0.25) is 0 Å². The van der Waals surface area contributed by atoms with Gasteiger partial charge in [0.25, 0.3) is 0 Å². The number of H-pyrrole nitrogens is 1. The predicted octanol–water partition coefficient (Wildman–Crippen LogP) is 6.42. The number of hydrogen-bond donors (Lipinski definition) is 1. The summed E-state index contributed by atoms with van der Waals surface area (Å²) in [6.07, 6.45) is 1.84. The minimum Gasteiger partial charge on any atom is -0.487 e. The third kappa shape index (κ3) is 4.62. The van der Waals surface area contributed by atoms with E-state index in [2.05, 4.69) is 67.3 Å². The second-order valence-corrected chi connectivity index (χ2v) is 8.76. The van der Waals surface area contributed by atoms with Gasteiger partial charge in [0, 0.05) is 9.13 Å². The quantitative estimate of drug-likeness (QED) is 0.212. The van der Waals surface area contributed by atoms with E-state index in [1.807, 2.05) is 66.7 Å². The van der Waals surface area contributed by atoms with Crippen molar-refractivity contribution in [2.24, 2.45) is 0 Å². The molecule has 0 saturated heterocycles. The summed E-state index contributed by atoms with van der Waals surface area (Å²) in [6, 6.07) is 24.1. The molecule has 0 spiro atoms. The smallest absolute Gasteiger partial charge is 0.149 e. The molecule has 0 aliphatic heterocycles. The SMILES string of the molecule is N#C/C(=C/c1cc(I)cc(I)c1OCc1ccccc1)c1nc2ccccc2[nH]1. The Hall–Kier alpha value is -2.38. The Morgan fingerprint density at radius 3 is 2.59 bits per heavy atom. The van der Waals surface area contributed by atoms with Crippen LogP contribution in [0.15, 0.2) is 66.7 Å². The van der Waals surface area contributed by atoms with Crippen LogP contribution in [0.2, 0.25) is 0 Å². The maximum Gasteiger partial charge on any atom is 0.149 e. The van der Waals surface area contributed by atoms with Gasteiger partial charge in [-0.1, -0.05) is 42.5 Å². The Kier molecular flexibility index (Phi) is 6.16. The molecule has 1 N–H and O–H groups in total. The molecule has 0 aliphatic carbocycles. The molecule has 0 fully saturated rings. The van der Waals surface area contributed by atoms with Crippen molar-refractivity contribution in [2.45, 2.75) is 6.61 Å². The summed E-state index contributed by atoms with van der Waals surface area (Å²) >= 11 is 4.55. The Morgan fingerprint density at radius 2 is 1.83 bits per heavy atom. The van der Waals surface area contributed by atoms with Gasteiger partial charge in [0.05, 0.1) is 20.2 Å². The summed E-state index contributed by atoms with van der Waals surface area (Å²) in [5.41, 5.74) is 4.15. The average Bonchev–Trinajstić information content (AvgIpc) is 3.16. The molecular formula is C23H15I2N3O. The Bertz CT molecular complexity index is 1210. The van der Waals surface area contributed by atoms with E-state index in [4.69, 9.17) is 4.74 Å². The number of imidazole rings is 1. The molecule has 0 aliphatic rings. The molecule has 0 amide bonds. The number of hydrogen-bond acceptors (Lipinski definition) is 3. The maximum atomic E-state index is 9.78. The lowest BCUT2D eigenvalue weighted by atomic mass is 10.1. The zero-order chi connectivity index (χ0) is 20.2. The van der Waals surface area contributed by atoms with Crippen LogP contribution in [0.5, 0.6) is 5.75 Å². The van der Waals surface area contributed by atoms with Gasteiger partial charge >= 0.3 is 0 Å². The van der Waals surface area contributed by atoms with E-state index in [1.54, 1.807) is 0 Å². The first-order chi connectivity index (χ1) is 14.1. The predicted molar refractivity (Wildman–Crippen MR) is 132 cm³/mol. The summed E-state index contributed by atoms with van der Waals surface area (Å²) in [5.74, 6) is 1.32. The van der Waals surface area contributed by atoms with Gasteiger partial charge in [0.2, 0.25) is 0 Å². The van der Waals surface area contributed by atoms with Crippen molar-refractivity contribution in [2.75, 3.05) is 0 Å². The number of nitrogens with one attached hydrogen (secondary N) is 1. The van der Waals surface area contributed by atoms with Crippen molar-refractivity contribution in [1.29, 1.82) is 5.26 Å². The topological polar surface area (TPSA) is 61.7 Å². The van der Waals surface area contributed by atoms with Crippen LogP contribution >= 0.6 is 45.2 Å². The Balaban J connectivity index is 1.73. The molecule has 142 valence electrons. The first-order valence-electron chi connectivity index (χ1n) is 8.87. The number of nitriles is 1. The van der Waals surface area contributed by atoms with Gasteiger partial charge in [-0.05, 0) is 81.1 Å². The fraction of sp³-hybridized carbons (Fsp3) is 0.0435. The zero-order valence-corrected chi connectivity index (χ0v) is 19.5. The minimum absolute atomic E-state index is 0.462. The molecule has 4 rings (SSSR count). The van der Waals surface area contributed by atoms with Crippen LogP contribution < -0.4 is 4.74 Å². The number of fused-ring (bicyclic) bond motifs is 1. The van der Waals surface area contributed by atoms with E-state index in [0.717, 1.165) is 35.1 Å². The summed E-state index contributed by atoms with van der Waals surface area (Å²) in [6.45, 7) is 0.463. The monoisotopic (exact) mass is 603 g/mol. The van der Waals surface area contributed by atoms with Crippen LogP contribution in [0, 0.1) is 18.5 Å². The Labute approximate surface area is 195 Å². The van der Waals surface area contributed by atoms with Crippen LogP contribution in [-0.2, 0) is 6.61 Å². The molecule has 1 heterocycles. The molecule has 0 unspecified atom stereocenters. The van der Waals surface area contributed by atoms with Crippen LogP contribution in [0.4, 0.5) is 0 Å². The molecule has 0 atom stereocenters. The van der Waals surface area contributed by atoms with E-state index in [-0.39, 0.29) is 0 Å². The summed E-state index contributed by atoms with van der Waals surface area (Å²) in [7, 11) is 0. The summed E-state index contributed by atoms with van der Waals surface area (Å²) < 4.78 is 8.23. The standard InChI is InChI=1S/C23H15I2N3O/c24-18-11-16(22(19(25)12-18)29-14-15-6-2-1-3-7-15)10-17(13-26)23-27-20-8-4-5-9-21(20)28-23/h1-12H,14H2,(H,27,28)/b17-10-. The zero-order valence-electron chi connectivity index (χ0n) is 15.2. The van der Waals surface area contributed by atoms with Gasteiger partial charge in [0.15, 0.2) is 0 Å². The van der Waals surface area contributed by atoms with Crippen molar-refractivity contribution in [1.82, 2.24) is 9.97 Å². The van der Waals surface area contributed by atoms with Crippen molar-refractivity contribution >= 4 is 67.9 Å². The molecule has 3 aromatic carbocycles. The van der Waals surface area contributed by atoms with Gasteiger partial charge < -0.3 is 9.72 Å². The summed E-state index contributed by atoms with van der Waals surface area (Å²) in [4.78, 5) is 7.78. The van der Waals surface area contributed by atoms with Crippen LogP contribution in [0.3, 0.4) is 0 Å². The molecule has 4 aromatic rings. The van der Waals surface area contributed by atoms with Crippen molar-refractivity contribution in [3.05, 3.63) is 90.8 Å².